The van der Waals surface area contributed by atoms with Gasteiger partial charge in [0.25, 0.3) is 0 Å². The van der Waals surface area contributed by atoms with Crippen LogP contribution in [-0.2, 0) is 0 Å². The zero-order valence-corrected chi connectivity index (χ0v) is 29.1. The standard InChI is InChI=1S/5C6H4ClN2.2ClH/c5*7-5-1-3-6(9-8)4-2-5;;/h5*1-4H;2*1H/q5*+1;;. The van der Waals surface area contributed by atoms with Gasteiger partial charge in [-0.3, -0.25) is 0 Å². The Labute approximate surface area is 307 Å². The Hall–Kier alpha value is -4.77. The van der Waals surface area contributed by atoms with E-state index in [1.54, 1.807) is 121 Å². The monoisotopic (exact) mass is 767 g/mol. The lowest BCUT2D eigenvalue weighted by Gasteiger charge is -1.78. The zero-order valence-electron chi connectivity index (χ0n) is 23.7. The molecule has 0 heterocycles. The number of nitrogens with zero attached hydrogens (tertiary/aromatic N) is 10. The maximum atomic E-state index is 8.21. The minimum absolute atomic E-state index is 0. The Morgan fingerprint density at radius 1 is 0.255 bits per heavy atom. The summed E-state index contributed by atoms with van der Waals surface area (Å²) in [6.07, 6.45) is 0. The van der Waals surface area contributed by atoms with Crippen molar-refractivity contribution < 1.29 is 0 Å². The van der Waals surface area contributed by atoms with Crippen LogP contribution in [0.5, 0.6) is 0 Å². The molecule has 5 rings (SSSR count). The first kappa shape index (κ1) is 44.4. The molecule has 0 aromatic heterocycles. The van der Waals surface area contributed by atoms with E-state index in [2.05, 4.69) is 24.9 Å². The Bertz CT molecular complexity index is 1500. The largest absolute Gasteiger partial charge is 0.385 e. The van der Waals surface area contributed by atoms with E-state index in [4.69, 9.17) is 85.0 Å². The van der Waals surface area contributed by atoms with E-state index in [1.165, 1.54) is 0 Å². The fraction of sp³-hybridized carbons (Fsp3) is 0. The van der Waals surface area contributed by atoms with Gasteiger partial charge in [0.1, 0.15) is 0 Å². The van der Waals surface area contributed by atoms with Gasteiger partial charge in [-0.05, 0) is 60.7 Å². The van der Waals surface area contributed by atoms with Crippen LogP contribution in [0.1, 0.15) is 0 Å². The summed E-state index contributed by atoms with van der Waals surface area (Å²) < 4.78 is 0. The number of hydrogen-bond acceptors (Lipinski definition) is 5. The lowest BCUT2D eigenvalue weighted by Crippen LogP contribution is -1.59. The lowest BCUT2D eigenvalue weighted by molar-refractivity contribution is 1.46. The molecule has 0 atom stereocenters. The maximum Gasteiger partial charge on any atom is 0.385 e. The van der Waals surface area contributed by atoms with Crippen molar-refractivity contribution in [1.82, 2.24) is 0 Å². The van der Waals surface area contributed by atoms with Crippen LogP contribution in [0.15, 0.2) is 121 Å². The van der Waals surface area contributed by atoms with Crippen LogP contribution in [0.3, 0.4) is 0 Å². The maximum absolute atomic E-state index is 8.21. The SMILES string of the molecule is Cl.Cl.N#[N+]c1ccc(Cl)cc1.N#[N+]c1ccc(Cl)cc1.N#[N+]c1ccc(Cl)cc1.N#[N+]c1ccc(Cl)cc1.N#[N+]c1ccc(Cl)cc1. The molecule has 0 saturated carbocycles. The first-order valence-corrected chi connectivity index (χ1v) is 14.1. The van der Waals surface area contributed by atoms with Gasteiger partial charge in [-0.15, -0.1) is 24.8 Å². The molecular weight excluding hydrogens is 749 g/mol. The van der Waals surface area contributed by atoms with Gasteiger partial charge in [-0.25, -0.2) is 0 Å². The first-order chi connectivity index (χ1) is 21.6. The molecule has 0 saturated heterocycles. The van der Waals surface area contributed by atoms with E-state index >= 15 is 0 Å². The van der Waals surface area contributed by atoms with Crippen LogP contribution in [0, 0.1) is 27.0 Å². The van der Waals surface area contributed by atoms with Gasteiger partial charge in [-0.2, -0.15) is 0 Å². The highest BCUT2D eigenvalue weighted by atomic mass is 35.5. The topological polar surface area (TPSA) is 141 Å². The van der Waals surface area contributed by atoms with E-state index in [1.807, 2.05) is 0 Å². The average Bonchev–Trinajstić information content (AvgIpc) is 3.08. The van der Waals surface area contributed by atoms with Gasteiger partial charge in [0.15, 0.2) is 24.9 Å². The van der Waals surface area contributed by atoms with Gasteiger partial charge in [0.2, 0.25) is 27.0 Å². The third-order valence-electron chi connectivity index (χ3n) is 4.71. The normalized spacial score (nSPS) is 8.09. The third-order valence-corrected chi connectivity index (χ3v) is 5.97. The summed E-state index contributed by atoms with van der Waals surface area (Å²) in [4.78, 5) is 14.8. The predicted molar refractivity (Wildman–Crippen MR) is 195 cm³/mol. The number of hydrogen-bond donors (Lipinski definition) is 0. The number of benzene rings is 5. The number of halogens is 7. The zero-order chi connectivity index (χ0) is 33.5. The quantitative estimate of drug-likeness (QED) is 0.144. The minimum Gasteiger partial charge on any atom is -0.147 e. The van der Waals surface area contributed by atoms with Crippen molar-refractivity contribution in [3.05, 3.63) is 171 Å². The number of rotatable bonds is 0. The van der Waals surface area contributed by atoms with Crippen LogP contribution < -0.4 is 0 Å². The molecule has 236 valence electrons. The molecule has 47 heavy (non-hydrogen) atoms. The van der Waals surface area contributed by atoms with E-state index < -0.39 is 0 Å². The molecular formula is C30H22Cl7N10+5. The summed E-state index contributed by atoms with van der Waals surface area (Å²) in [7, 11) is 0. The Morgan fingerprint density at radius 3 is 0.447 bits per heavy atom. The highest BCUT2D eigenvalue weighted by molar-refractivity contribution is 6.31. The van der Waals surface area contributed by atoms with E-state index in [0.29, 0.717) is 53.6 Å². The van der Waals surface area contributed by atoms with Crippen molar-refractivity contribution in [2.45, 2.75) is 0 Å². The molecule has 0 radical (unpaired) electrons. The summed E-state index contributed by atoms with van der Waals surface area (Å²) >= 11 is 27.7. The highest BCUT2D eigenvalue weighted by Crippen LogP contribution is 2.18. The minimum atomic E-state index is 0. The summed E-state index contributed by atoms with van der Waals surface area (Å²) in [6, 6.07) is 32.9. The fourth-order valence-corrected chi connectivity index (χ4v) is 3.17. The summed E-state index contributed by atoms with van der Waals surface area (Å²) in [6.45, 7) is 0. The van der Waals surface area contributed by atoms with Crippen molar-refractivity contribution in [1.29, 1.82) is 27.0 Å². The summed E-state index contributed by atoms with van der Waals surface area (Å²) in [5.41, 5.74) is 2.57. The highest BCUT2D eigenvalue weighted by Gasteiger charge is 2.02. The second-order valence-electron chi connectivity index (χ2n) is 7.88. The smallest absolute Gasteiger partial charge is 0.147 e. The molecule has 10 nitrogen and oxygen atoms in total. The second kappa shape index (κ2) is 26.4. The molecule has 0 spiro atoms. The predicted octanol–water partition coefficient (Wildman–Crippen LogP) is 15.0. The molecule has 0 bridgehead atoms. The Morgan fingerprint density at radius 2 is 0.362 bits per heavy atom. The summed E-state index contributed by atoms with van der Waals surface area (Å²) in [5, 5.41) is 44.3. The first-order valence-electron chi connectivity index (χ1n) is 12.2. The Balaban J connectivity index is 0. The van der Waals surface area contributed by atoms with Crippen LogP contribution in [0.25, 0.3) is 24.9 Å². The molecule has 5 aromatic carbocycles. The second-order valence-corrected chi connectivity index (χ2v) is 10.1. The van der Waals surface area contributed by atoms with Crippen molar-refractivity contribution in [3.63, 3.8) is 0 Å². The average molecular weight is 771 g/mol. The van der Waals surface area contributed by atoms with Crippen LogP contribution in [0.2, 0.25) is 25.1 Å². The van der Waals surface area contributed by atoms with Gasteiger partial charge < -0.3 is 0 Å². The van der Waals surface area contributed by atoms with Crippen LogP contribution in [-0.4, -0.2) is 0 Å². The lowest BCUT2D eigenvalue weighted by atomic mass is 10.3. The molecule has 0 amide bonds. The number of diazo groups is 5. The molecule has 5 aromatic rings. The van der Waals surface area contributed by atoms with Gasteiger partial charge in [-0.1, -0.05) is 58.0 Å². The van der Waals surface area contributed by atoms with E-state index in [9.17, 15) is 0 Å². The van der Waals surface area contributed by atoms with Crippen molar-refractivity contribution in [3.8, 4) is 0 Å². The van der Waals surface area contributed by atoms with Crippen LogP contribution >= 0.6 is 82.8 Å². The molecule has 17 heteroatoms. The van der Waals surface area contributed by atoms with Crippen molar-refractivity contribution >= 4 is 111 Å². The van der Waals surface area contributed by atoms with Gasteiger partial charge in [0.05, 0.1) is 0 Å². The molecule has 0 fully saturated rings. The molecule has 0 N–H and O–H groups in total. The van der Waals surface area contributed by atoms with Gasteiger partial charge in [0, 0.05) is 85.8 Å². The van der Waals surface area contributed by atoms with E-state index in [-0.39, 0.29) is 24.8 Å². The molecule has 0 aliphatic carbocycles. The molecule has 0 aliphatic rings. The van der Waals surface area contributed by atoms with Crippen LogP contribution in [0.4, 0.5) is 28.4 Å². The molecule has 0 unspecified atom stereocenters. The third kappa shape index (κ3) is 20.8. The van der Waals surface area contributed by atoms with E-state index in [0.717, 1.165) is 0 Å². The molecule has 0 aliphatic heterocycles. The van der Waals surface area contributed by atoms with Crippen molar-refractivity contribution in [2.75, 3.05) is 0 Å². The van der Waals surface area contributed by atoms with Gasteiger partial charge >= 0.3 is 28.4 Å². The Kier molecular flexibility index (Phi) is 25.0. The summed E-state index contributed by atoms with van der Waals surface area (Å²) in [5.74, 6) is 0. The fourth-order valence-electron chi connectivity index (χ4n) is 2.54. The van der Waals surface area contributed by atoms with Crippen molar-refractivity contribution in [2.24, 2.45) is 0 Å².